The molecule has 0 fully saturated rings. The fourth-order valence-electron chi connectivity index (χ4n) is 3.56. The number of benzene rings is 2. The molecular formula is C21H26N2O2. The second-order valence-electron chi connectivity index (χ2n) is 6.51. The highest BCUT2D eigenvalue weighted by molar-refractivity contribution is 5.78. The average Bonchev–Trinajstić information content (AvgIpc) is 2.66. The van der Waals surface area contributed by atoms with Crippen molar-refractivity contribution in [1.82, 2.24) is 9.80 Å². The van der Waals surface area contributed by atoms with Crippen LogP contribution in [-0.2, 0) is 17.8 Å². The average molecular weight is 338 g/mol. The summed E-state index contributed by atoms with van der Waals surface area (Å²) in [5, 5.41) is 9.89. The number of hydrogen-bond acceptors (Lipinski definition) is 3. The highest BCUT2D eigenvalue weighted by Gasteiger charge is 2.29. The Morgan fingerprint density at radius 3 is 2.60 bits per heavy atom. The van der Waals surface area contributed by atoms with Crippen LogP contribution < -0.4 is 0 Å². The molecule has 1 unspecified atom stereocenters. The standard InChI is InChI=1S/C21H26N2O2/c1-2-22(14-17-8-4-3-5-9-17)21(25)15-23-13-12-18-10-6-7-11-19(18)20(23)16-24/h3-11,20,24H,2,12-16H2,1H3. The van der Waals surface area contributed by atoms with Gasteiger partial charge in [-0.3, -0.25) is 9.69 Å². The third kappa shape index (κ3) is 4.09. The van der Waals surface area contributed by atoms with Gasteiger partial charge in [-0.05, 0) is 30.0 Å². The Morgan fingerprint density at radius 2 is 1.88 bits per heavy atom. The number of likely N-dealkylation sites (N-methyl/N-ethyl adjacent to an activating group) is 1. The normalized spacial score (nSPS) is 17.1. The Labute approximate surface area is 149 Å². The van der Waals surface area contributed by atoms with Gasteiger partial charge in [0.05, 0.1) is 19.2 Å². The Balaban J connectivity index is 1.69. The minimum absolute atomic E-state index is 0.0368. The third-order valence-corrected chi connectivity index (χ3v) is 4.99. The van der Waals surface area contributed by atoms with Gasteiger partial charge in [0, 0.05) is 19.6 Å². The fraction of sp³-hybridized carbons (Fsp3) is 0.381. The SMILES string of the molecule is CCN(Cc1ccccc1)C(=O)CN1CCc2ccccc2C1CO. The zero-order chi connectivity index (χ0) is 17.6. The maximum atomic E-state index is 12.8. The lowest BCUT2D eigenvalue weighted by atomic mass is 9.93. The van der Waals surface area contributed by atoms with Gasteiger partial charge in [-0.25, -0.2) is 0 Å². The summed E-state index contributed by atoms with van der Waals surface area (Å²) in [4.78, 5) is 16.8. The number of amides is 1. The lowest BCUT2D eigenvalue weighted by Gasteiger charge is -2.37. The van der Waals surface area contributed by atoms with Crippen LogP contribution in [0.3, 0.4) is 0 Å². The zero-order valence-corrected chi connectivity index (χ0v) is 14.8. The molecule has 3 rings (SSSR count). The molecule has 2 aromatic rings. The van der Waals surface area contributed by atoms with Crippen LogP contribution in [0.15, 0.2) is 54.6 Å². The Morgan fingerprint density at radius 1 is 1.16 bits per heavy atom. The fourth-order valence-corrected chi connectivity index (χ4v) is 3.56. The van der Waals surface area contributed by atoms with Crippen LogP contribution in [0.4, 0.5) is 0 Å². The van der Waals surface area contributed by atoms with Crippen LogP contribution in [0, 0.1) is 0 Å². The van der Waals surface area contributed by atoms with Crippen molar-refractivity contribution in [2.24, 2.45) is 0 Å². The predicted molar refractivity (Wildman–Crippen MR) is 99.1 cm³/mol. The molecule has 0 spiro atoms. The number of rotatable bonds is 6. The molecule has 1 heterocycles. The number of hydrogen-bond donors (Lipinski definition) is 1. The summed E-state index contributed by atoms with van der Waals surface area (Å²) in [6.45, 7) is 4.51. The van der Waals surface area contributed by atoms with Crippen molar-refractivity contribution < 1.29 is 9.90 Å². The van der Waals surface area contributed by atoms with Crippen LogP contribution in [0.1, 0.15) is 29.7 Å². The molecule has 0 aromatic heterocycles. The van der Waals surface area contributed by atoms with Gasteiger partial charge in [-0.2, -0.15) is 0 Å². The molecule has 0 radical (unpaired) electrons. The molecule has 4 nitrogen and oxygen atoms in total. The number of aliphatic hydroxyl groups excluding tert-OH is 1. The first-order chi connectivity index (χ1) is 12.2. The predicted octanol–water partition coefficient (Wildman–Crippen LogP) is 2.63. The van der Waals surface area contributed by atoms with E-state index in [1.165, 1.54) is 5.56 Å². The third-order valence-electron chi connectivity index (χ3n) is 4.99. The van der Waals surface area contributed by atoms with E-state index in [2.05, 4.69) is 17.0 Å². The van der Waals surface area contributed by atoms with Gasteiger partial charge in [0.2, 0.25) is 5.91 Å². The molecule has 25 heavy (non-hydrogen) atoms. The zero-order valence-electron chi connectivity index (χ0n) is 14.8. The van der Waals surface area contributed by atoms with E-state index in [0.717, 1.165) is 24.1 Å². The highest BCUT2D eigenvalue weighted by atomic mass is 16.3. The number of carbonyl (C=O) groups excluding carboxylic acids is 1. The molecule has 1 N–H and O–H groups in total. The first kappa shape index (κ1) is 17.6. The van der Waals surface area contributed by atoms with Gasteiger partial charge in [0.1, 0.15) is 0 Å². The summed E-state index contributed by atoms with van der Waals surface area (Å²) in [5.74, 6) is 0.115. The first-order valence-corrected chi connectivity index (χ1v) is 8.97. The summed E-state index contributed by atoms with van der Waals surface area (Å²) >= 11 is 0. The Hall–Kier alpha value is -2.17. The van der Waals surface area contributed by atoms with E-state index in [4.69, 9.17) is 0 Å². The summed E-state index contributed by atoms with van der Waals surface area (Å²) in [6, 6.07) is 18.2. The maximum absolute atomic E-state index is 12.8. The summed E-state index contributed by atoms with van der Waals surface area (Å²) in [7, 11) is 0. The lowest BCUT2D eigenvalue weighted by molar-refractivity contribution is -0.133. The van der Waals surface area contributed by atoms with Gasteiger partial charge in [0.15, 0.2) is 0 Å². The largest absolute Gasteiger partial charge is 0.394 e. The number of fused-ring (bicyclic) bond motifs is 1. The topological polar surface area (TPSA) is 43.8 Å². The van der Waals surface area contributed by atoms with Crippen molar-refractivity contribution in [1.29, 1.82) is 0 Å². The van der Waals surface area contributed by atoms with E-state index < -0.39 is 0 Å². The monoisotopic (exact) mass is 338 g/mol. The van der Waals surface area contributed by atoms with Crippen LogP contribution in [0.25, 0.3) is 0 Å². The molecule has 1 atom stereocenters. The molecule has 0 saturated carbocycles. The second kappa shape index (κ2) is 8.28. The van der Waals surface area contributed by atoms with E-state index in [1.54, 1.807) is 0 Å². The molecule has 0 aliphatic carbocycles. The van der Waals surface area contributed by atoms with E-state index >= 15 is 0 Å². The van der Waals surface area contributed by atoms with Crippen molar-refractivity contribution in [3.63, 3.8) is 0 Å². The van der Waals surface area contributed by atoms with Crippen molar-refractivity contribution >= 4 is 5.91 Å². The smallest absolute Gasteiger partial charge is 0.237 e. The lowest BCUT2D eigenvalue weighted by Crippen LogP contribution is -2.45. The molecule has 0 bridgehead atoms. The minimum atomic E-state index is -0.0932. The number of nitrogens with zero attached hydrogens (tertiary/aromatic N) is 2. The second-order valence-corrected chi connectivity index (χ2v) is 6.51. The summed E-state index contributed by atoms with van der Waals surface area (Å²) in [5.41, 5.74) is 3.57. The van der Waals surface area contributed by atoms with Crippen molar-refractivity contribution in [2.75, 3.05) is 26.2 Å². The molecule has 1 aliphatic heterocycles. The van der Waals surface area contributed by atoms with Gasteiger partial charge in [-0.15, -0.1) is 0 Å². The Bertz CT molecular complexity index is 702. The highest BCUT2D eigenvalue weighted by Crippen LogP contribution is 2.29. The molecule has 4 heteroatoms. The van der Waals surface area contributed by atoms with E-state index in [0.29, 0.717) is 19.6 Å². The molecule has 1 aliphatic rings. The van der Waals surface area contributed by atoms with Crippen molar-refractivity contribution in [3.8, 4) is 0 Å². The minimum Gasteiger partial charge on any atom is -0.394 e. The molecule has 1 amide bonds. The van der Waals surface area contributed by atoms with Crippen LogP contribution >= 0.6 is 0 Å². The van der Waals surface area contributed by atoms with E-state index in [-0.39, 0.29) is 18.6 Å². The van der Waals surface area contributed by atoms with E-state index in [9.17, 15) is 9.90 Å². The van der Waals surface area contributed by atoms with Gasteiger partial charge in [0.25, 0.3) is 0 Å². The number of carbonyl (C=O) groups is 1. The van der Waals surface area contributed by atoms with Gasteiger partial charge < -0.3 is 10.0 Å². The molecule has 0 saturated heterocycles. The Kier molecular flexibility index (Phi) is 5.84. The maximum Gasteiger partial charge on any atom is 0.237 e. The van der Waals surface area contributed by atoms with Gasteiger partial charge >= 0.3 is 0 Å². The van der Waals surface area contributed by atoms with Crippen LogP contribution in [-0.4, -0.2) is 47.1 Å². The van der Waals surface area contributed by atoms with Crippen molar-refractivity contribution in [2.45, 2.75) is 25.9 Å². The van der Waals surface area contributed by atoms with Crippen molar-refractivity contribution in [3.05, 3.63) is 71.3 Å². The molecule has 132 valence electrons. The van der Waals surface area contributed by atoms with E-state index in [1.807, 2.05) is 54.3 Å². The molecular weight excluding hydrogens is 312 g/mol. The van der Waals surface area contributed by atoms with Crippen LogP contribution in [0.2, 0.25) is 0 Å². The van der Waals surface area contributed by atoms with Crippen LogP contribution in [0.5, 0.6) is 0 Å². The summed E-state index contributed by atoms with van der Waals surface area (Å²) < 4.78 is 0. The number of aliphatic hydroxyl groups is 1. The molecule has 2 aromatic carbocycles. The first-order valence-electron chi connectivity index (χ1n) is 8.97. The quantitative estimate of drug-likeness (QED) is 0.880. The summed E-state index contributed by atoms with van der Waals surface area (Å²) in [6.07, 6.45) is 0.921. The van der Waals surface area contributed by atoms with Gasteiger partial charge in [-0.1, -0.05) is 54.6 Å².